The predicted octanol–water partition coefficient (Wildman–Crippen LogP) is 3.09. The van der Waals surface area contributed by atoms with Gasteiger partial charge in [-0.15, -0.1) is 11.6 Å². The molecule has 6 heteroatoms. The number of alkyl halides is 4. The van der Waals surface area contributed by atoms with Crippen molar-refractivity contribution >= 4 is 23.4 Å². The normalized spacial score (nSPS) is 13.3. The molecule has 0 rings (SSSR count). The molecule has 0 aliphatic heterocycles. The van der Waals surface area contributed by atoms with Crippen LogP contribution in [0.2, 0.25) is 0 Å². The number of halogens is 4. The quantitative estimate of drug-likeness (QED) is 0.574. The highest BCUT2D eigenvalue weighted by Gasteiger charge is 2.27. The van der Waals surface area contributed by atoms with E-state index in [0.29, 0.717) is 19.0 Å². The van der Waals surface area contributed by atoms with Gasteiger partial charge in [-0.05, 0) is 17.2 Å². The van der Waals surface area contributed by atoms with Crippen molar-refractivity contribution in [2.75, 3.05) is 24.7 Å². The maximum atomic E-state index is 11.7. The van der Waals surface area contributed by atoms with Crippen LogP contribution in [0.4, 0.5) is 13.2 Å². The zero-order valence-electron chi connectivity index (χ0n) is 8.25. The van der Waals surface area contributed by atoms with Gasteiger partial charge in [0.1, 0.15) is 0 Å². The van der Waals surface area contributed by atoms with Gasteiger partial charge in [-0.1, -0.05) is 13.8 Å². The first kappa shape index (κ1) is 14.4. The summed E-state index contributed by atoms with van der Waals surface area (Å²) in [6, 6.07) is 0. The van der Waals surface area contributed by atoms with Gasteiger partial charge in [0, 0.05) is 24.7 Å². The minimum Gasteiger partial charge on any atom is -0.315 e. The Hall–Kier alpha value is 0.390. The summed E-state index contributed by atoms with van der Waals surface area (Å²) in [5.74, 6) is 0.536. The van der Waals surface area contributed by atoms with Crippen molar-refractivity contribution in [3.05, 3.63) is 0 Å². The van der Waals surface area contributed by atoms with Crippen LogP contribution in [-0.2, 0) is 0 Å². The van der Waals surface area contributed by atoms with Crippen molar-refractivity contribution < 1.29 is 13.2 Å². The average Bonchev–Trinajstić information content (AvgIpc) is 2.01. The van der Waals surface area contributed by atoms with E-state index in [1.54, 1.807) is 0 Å². The molecule has 0 aliphatic rings. The first-order valence-corrected chi connectivity index (χ1v) is 5.76. The van der Waals surface area contributed by atoms with E-state index in [2.05, 4.69) is 5.32 Å². The van der Waals surface area contributed by atoms with Gasteiger partial charge in [0.25, 0.3) is 0 Å². The van der Waals surface area contributed by atoms with Crippen LogP contribution in [0.25, 0.3) is 0 Å². The number of hydrogen-bond donors (Lipinski definition) is 1. The van der Waals surface area contributed by atoms with E-state index in [1.165, 1.54) is 0 Å². The molecule has 0 aromatic carbocycles. The molecule has 0 spiro atoms. The molecule has 86 valence electrons. The predicted molar refractivity (Wildman–Crippen MR) is 55.9 cm³/mol. The molecule has 14 heavy (non-hydrogen) atoms. The maximum absolute atomic E-state index is 11.7. The molecule has 0 unspecified atom stereocenters. The second kappa shape index (κ2) is 6.08. The Morgan fingerprint density at radius 2 is 1.86 bits per heavy atom. The molecular weight excluding hydrogens is 235 g/mol. The van der Waals surface area contributed by atoms with Crippen LogP contribution in [-0.4, -0.2) is 30.2 Å². The Bertz CT molecular complexity index is 161. The largest absolute Gasteiger partial charge is 0.441 e. The molecule has 0 radical (unpaired) electrons. The molecular formula is C8H15ClF3NS. The van der Waals surface area contributed by atoms with Gasteiger partial charge >= 0.3 is 5.51 Å². The minimum atomic E-state index is -4.12. The van der Waals surface area contributed by atoms with E-state index in [1.807, 2.05) is 13.8 Å². The van der Waals surface area contributed by atoms with Gasteiger partial charge in [-0.25, -0.2) is 0 Å². The molecule has 1 nitrogen and oxygen atoms in total. The summed E-state index contributed by atoms with van der Waals surface area (Å²) in [6.45, 7) is 4.91. The first-order valence-electron chi connectivity index (χ1n) is 4.24. The molecule has 0 aromatic rings. The van der Waals surface area contributed by atoms with Gasteiger partial charge in [0.2, 0.25) is 0 Å². The van der Waals surface area contributed by atoms with Crippen molar-refractivity contribution in [3.8, 4) is 0 Å². The Morgan fingerprint density at radius 3 is 2.29 bits per heavy atom. The summed E-state index contributed by atoms with van der Waals surface area (Å²) in [4.78, 5) is 0. The third-order valence-electron chi connectivity index (χ3n) is 1.51. The third-order valence-corrected chi connectivity index (χ3v) is 2.97. The molecule has 0 amide bonds. The number of thioether (sulfide) groups is 1. The molecule has 0 saturated heterocycles. The lowest BCUT2D eigenvalue weighted by Crippen LogP contribution is -2.32. The van der Waals surface area contributed by atoms with Crippen molar-refractivity contribution in [1.82, 2.24) is 5.32 Å². The Morgan fingerprint density at radius 1 is 1.29 bits per heavy atom. The molecule has 0 aromatic heterocycles. The second-order valence-corrected chi connectivity index (χ2v) is 5.20. The Balaban J connectivity index is 3.39. The SMILES string of the molecule is CC(C)(CCl)CNCCSC(F)(F)F. The van der Waals surface area contributed by atoms with Crippen LogP contribution in [0, 0.1) is 5.41 Å². The lowest BCUT2D eigenvalue weighted by atomic mass is 9.97. The van der Waals surface area contributed by atoms with E-state index in [-0.39, 0.29) is 22.9 Å². The number of rotatable bonds is 6. The van der Waals surface area contributed by atoms with E-state index in [0.717, 1.165) is 0 Å². The van der Waals surface area contributed by atoms with Gasteiger partial charge in [0.15, 0.2) is 0 Å². The lowest BCUT2D eigenvalue weighted by molar-refractivity contribution is -0.0327. The van der Waals surface area contributed by atoms with E-state index < -0.39 is 5.51 Å². The third kappa shape index (κ3) is 8.97. The van der Waals surface area contributed by atoms with E-state index in [9.17, 15) is 13.2 Å². The van der Waals surface area contributed by atoms with E-state index in [4.69, 9.17) is 11.6 Å². The number of hydrogen-bond acceptors (Lipinski definition) is 2. The fourth-order valence-corrected chi connectivity index (χ4v) is 1.29. The highest BCUT2D eigenvalue weighted by Crippen LogP contribution is 2.29. The van der Waals surface area contributed by atoms with Crippen LogP contribution in [0.1, 0.15) is 13.8 Å². The van der Waals surface area contributed by atoms with Gasteiger partial charge < -0.3 is 5.32 Å². The standard InChI is InChI=1S/C8H15ClF3NS/c1-7(2,5-9)6-13-3-4-14-8(10,11)12/h13H,3-6H2,1-2H3. The highest BCUT2D eigenvalue weighted by molar-refractivity contribution is 8.00. The van der Waals surface area contributed by atoms with Crippen molar-refractivity contribution in [2.45, 2.75) is 19.4 Å². The van der Waals surface area contributed by atoms with Gasteiger partial charge in [-0.2, -0.15) is 13.2 Å². The highest BCUT2D eigenvalue weighted by atomic mass is 35.5. The fourth-order valence-electron chi connectivity index (χ4n) is 0.713. The molecule has 0 bridgehead atoms. The first-order chi connectivity index (χ1) is 6.27. The summed E-state index contributed by atoms with van der Waals surface area (Å²) in [7, 11) is 0. The summed E-state index contributed by atoms with van der Waals surface area (Å²) >= 11 is 5.65. The summed E-state index contributed by atoms with van der Waals surface area (Å²) in [5.41, 5.74) is -4.19. The molecule has 0 aliphatic carbocycles. The van der Waals surface area contributed by atoms with Crippen LogP contribution in [0.3, 0.4) is 0 Å². The Kier molecular flexibility index (Phi) is 6.25. The zero-order valence-corrected chi connectivity index (χ0v) is 9.82. The molecule has 0 heterocycles. The van der Waals surface area contributed by atoms with Crippen molar-refractivity contribution in [3.63, 3.8) is 0 Å². The molecule has 0 saturated carbocycles. The minimum absolute atomic E-state index is 0.00374. The average molecular weight is 250 g/mol. The second-order valence-electron chi connectivity index (χ2n) is 3.77. The monoisotopic (exact) mass is 249 g/mol. The van der Waals surface area contributed by atoms with Crippen molar-refractivity contribution in [2.24, 2.45) is 5.41 Å². The van der Waals surface area contributed by atoms with Gasteiger partial charge in [0.05, 0.1) is 0 Å². The molecule has 1 N–H and O–H groups in total. The van der Waals surface area contributed by atoms with Crippen LogP contribution >= 0.6 is 23.4 Å². The van der Waals surface area contributed by atoms with Crippen LogP contribution < -0.4 is 5.32 Å². The van der Waals surface area contributed by atoms with E-state index >= 15 is 0 Å². The zero-order chi connectivity index (χ0) is 11.2. The summed E-state index contributed by atoms with van der Waals surface area (Å²) in [6.07, 6.45) is 0. The fraction of sp³-hybridized carbons (Fsp3) is 1.00. The maximum Gasteiger partial charge on any atom is 0.441 e. The van der Waals surface area contributed by atoms with Crippen LogP contribution in [0.15, 0.2) is 0 Å². The van der Waals surface area contributed by atoms with Crippen LogP contribution in [0.5, 0.6) is 0 Å². The lowest BCUT2D eigenvalue weighted by Gasteiger charge is -2.21. The molecule has 0 fully saturated rings. The summed E-state index contributed by atoms with van der Waals surface area (Å²) in [5, 5.41) is 2.94. The van der Waals surface area contributed by atoms with Gasteiger partial charge in [-0.3, -0.25) is 0 Å². The topological polar surface area (TPSA) is 12.0 Å². The van der Waals surface area contributed by atoms with Crippen molar-refractivity contribution in [1.29, 1.82) is 0 Å². The summed E-state index contributed by atoms with van der Waals surface area (Å²) < 4.78 is 35.1. The molecule has 0 atom stereocenters. The number of nitrogens with one attached hydrogen (secondary N) is 1. The smallest absolute Gasteiger partial charge is 0.315 e. The Labute approximate surface area is 91.8 Å².